The van der Waals surface area contributed by atoms with Crippen LogP contribution in [0.25, 0.3) is 5.76 Å². The van der Waals surface area contributed by atoms with E-state index < -0.39 is 36.0 Å². The number of amides is 1. The molecule has 2 aromatic carbocycles. The predicted octanol–water partition coefficient (Wildman–Crippen LogP) is 6.22. The molecule has 0 bridgehead atoms. The minimum Gasteiger partial charge on any atom is -0.507 e. The highest BCUT2D eigenvalue weighted by Gasteiger charge is 2.48. The topological polar surface area (TPSA) is 102 Å². The molecule has 0 radical (unpaired) electrons. The first-order valence-electron chi connectivity index (χ1n) is 13.6. The Balaban J connectivity index is 1.50. The maximum Gasteiger partial charge on any atom is 0.523 e. The minimum absolute atomic E-state index is 0.00340. The van der Waals surface area contributed by atoms with E-state index >= 15 is 0 Å². The highest BCUT2D eigenvalue weighted by Crippen LogP contribution is 2.38. The highest BCUT2D eigenvalue weighted by molar-refractivity contribution is 6.52. The number of alkyl halides is 3. The molecule has 2 aliphatic rings. The number of aliphatic hydroxyl groups excluding tert-OH is 1. The Labute approximate surface area is 245 Å². The maximum absolute atomic E-state index is 13.4. The zero-order chi connectivity index (χ0) is 30.7. The third-order valence-corrected chi connectivity index (χ3v) is 7.09. The number of ether oxygens (including phenoxy) is 2. The number of carbonyl (C=O) groups is 2. The van der Waals surface area contributed by atoms with Crippen molar-refractivity contribution in [1.82, 2.24) is 10.2 Å². The van der Waals surface area contributed by atoms with Crippen molar-refractivity contribution in [2.75, 3.05) is 4.90 Å². The second kappa shape index (κ2) is 12.2. The molecule has 1 aliphatic heterocycles. The quantitative estimate of drug-likeness (QED) is 0.188. The predicted molar refractivity (Wildman–Crippen MR) is 152 cm³/mol. The summed E-state index contributed by atoms with van der Waals surface area (Å²) >= 11 is 0. The van der Waals surface area contributed by atoms with Gasteiger partial charge in [0.2, 0.25) is 5.88 Å². The molecule has 1 aliphatic carbocycles. The third kappa shape index (κ3) is 6.67. The standard InChI is InChI=1S/C32H28F3N3O5/c1-19(2)21-8-10-23(11-9-21)29(39)27-28(22-12-14-24(15-13-22)43-32(33,34)35)38(31(41)30(27)40)25-16-17-26(37-36-25)42-18-20-6-4-3-5-7-20/h3-14,16-17,19,24,28,39H,15,18H2,1-2H3. The largest absolute Gasteiger partial charge is 0.523 e. The number of hydrogen-bond acceptors (Lipinski definition) is 7. The number of benzene rings is 2. The summed E-state index contributed by atoms with van der Waals surface area (Å²) in [5.41, 5.74) is 2.31. The fourth-order valence-corrected chi connectivity index (χ4v) is 4.89. The summed E-state index contributed by atoms with van der Waals surface area (Å²) in [7, 11) is 0. The van der Waals surface area contributed by atoms with Gasteiger partial charge in [0.25, 0.3) is 5.78 Å². The van der Waals surface area contributed by atoms with Crippen LogP contribution in [0.15, 0.2) is 96.1 Å². The first-order chi connectivity index (χ1) is 20.5. The van der Waals surface area contributed by atoms with Crippen LogP contribution in [-0.2, 0) is 20.9 Å². The van der Waals surface area contributed by atoms with Gasteiger partial charge in [-0.3, -0.25) is 19.2 Å². The number of rotatable bonds is 8. The number of anilines is 1. The zero-order valence-corrected chi connectivity index (χ0v) is 23.3. The summed E-state index contributed by atoms with van der Waals surface area (Å²) in [4.78, 5) is 27.9. The molecule has 1 fully saturated rings. The van der Waals surface area contributed by atoms with Crippen molar-refractivity contribution in [1.29, 1.82) is 0 Å². The van der Waals surface area contributed by atoms with Crippen LogP contribution in [0.2, 0.25) is 0 Å². The SMILES string of the molecule is CC(C)c1ccc(C(O)=C2C(=O)C(=O)N(c3ccc(OCc4ccccc4)nn3)C2C2=CCC(OC(F)(F)F)C=C2)cc1. The Kier molecular flexibility index (Phi) is 8.45. The number of Topliss-reactive ketones (excluding diaryl/α,β-unsaturated/α-hetero) is 1. The fourth-order valence-electron chi connectivity index (χ4n) is 4.89. The van der Waals surface area contributed by atoms with Gasteiger partial charge in [-0.2, -0.15) is 0 Å². The van der Waals surface area contributed by atoms with Crippen molar-refractivity contribution >= 4 is 23.3 Å². The summed E-state index contributed by atoms with van der Waals surface area (Å²) in [5, 5.41) is 19.5. The van der Waals surface area contributed by atoms with E-state index in [1.807, 2.05) is 56.3 Å². The van der Waals surface area contributed by atoms with Gasteiger partial charge in [-0.1, -0.05) is 86.7 Å². The van der Waals surface area contributed by atoms with Crippen molar-refractivity contribution in [2.24, 2.45) is 0 Å². The Hall–Kier alpha value is -4.77. The number of aliphatic hydroxyl groups is 1. The lowest BCUT2D eigenvalue weighted by Gasteiger charge is -2.27. The van der Waals surface area contributed by atoms with Gasteiger partial charge in [0.15, 0.2) is 5.82 Å². The number of hydrogen-bond donors (Lipinski definition) is 1. The van der Waals surface area contributed by atoms with E-state index in [0.717, 1.165) is 16.0 Å². The first-order valence-corrected chi connectivity index (χ1v) is 13.6. The molecule has 1 saturated heterocycles. The molecule has 3 aromatic rings. The Bertz CT molecular complexity index is 1580. The number of halogens is 3. The van der Waals surface area contributed by atoms with Crippen molar-refractivity contribution in [3.63, 3.8) is 0 Å². The van der Waals surface area contributed by atoms with Gasteiger partial charge in [0.05, 0.1) is 17.7 Å². The Morgan fingerprint density at radius 1 is 1.02 bits per heavy atom. The molecule has 11 heteroatoms. The average Bonchev–Trinajstić information content (AvgIpc) is 3.26. The normalized spacial score (nSPS) is 20.0. The van der Waals surface area contributed by atoms with Crippen molar-refractivity contribution in [3.05, 3.63) is 113 Å². The molecule has 2 heterocycles. The molecular formula is C32H28F3N3O5. The van der Waals surface area contributed by atoms with Crippen molar-refractivity contribution < 1.29 is 37.3 Å². The molecule has 5 rings (SSSR count). The molecule has 1 N–H and O–H groups in total. The van der Waals surface area contributed by atoms with E-state index in [0.29, 0.717) is 11.1 Å². The highest BCUT2D eigenvalue weighted by atomic mass is 19.4. The van der Waals surface area contributed by atoms with Gasteiger partial charge in [-0.25, -0.2) is 0 Å². The van der Waals surface area contributed by atoms with Gasteiger partial charge >= 0.3 is 12.3 Å². The number of nitrogens with zero attached hydrogens (tertiary/aromatic N) is 3. The second-order valence-corrected chi connectivity index (χ2v) is 10.4. The number of aromatic nitrogens is 2. The summed E-state index contributed by atoms with van der Waals surface area (Å²) in [6.45, 7) is 4.25. The number of ketones is 1. The fraction of sp³-hybridized carbons (Fsp3) is 0.250. The van der Waals surface area contributed by atoms with E-state index in [2.05, 4.69) is 14.9 Å². The average molecular weight is 592 g/mol. The summed E-state index contributed by atoms with van der Waals surface area (Å²) in [5.74, 6) is -1.96. The smallest absolute Gasteiger partial charge is 0.507 e. The molecule has 1 aromatic heterocycles. The monoisotopic (exact) mass is 591 g/mol. The summed E-state index contributed by atoms with van der Waals surface area (Å²) in [6, 6.07) is 18.0. The minimum atomic E-state index is -4.84. The third-order valence-electron chi connectivity index (χ3n) is 7.09. The molecule has 2 atom stereocenters. The lowest BCUT2D eigenvalue weighted by atomic mass is 9.91. The zero-order valence-electron chi connectivity index (χ0n) is 23.3. The van der Waals surface area contributed by atoms with Crippen LogP contribution in [-0.4, -0.2) is 45.5 Å². The van der Waals surface area contributed by atoms with Crippen LogP contribution >= 0.6 is 0 Å². The van der Waals surface area contributed by atoms with E-state index in [1.54, 1.807) is 12.1 Å². The van der Waals surface area contributed by atoms with Crippen LogP contribution in [0.3, 0.4) is 0 Å². The molecule has 1 amide bonds. The maximum atomic E-state index is 13.4. The lowest BCUT2D eigenvalue weighted by Crippen LogP contribution is -2.37. The van der Waals surface area contributed by atoms with Crippen LogP contribution in [0.1, 0.15) is 42.9 Å². The molecule has 0 saturated carbocycles. The molecule has 8 nitrogen and oxygen atoms in total. The van der Waals surface area contributed by atoms with Gasteiger partial charge in [-0.15, -0.1) is 23.4 Å². The summed E-state index contributed by atoms with van der Waals surface area (Å²) < 4.78 is 48.2. The van der Waals surface area contributed by atoms with E-state index in [-0.39, 0.29) is 36.2 Å². The molecule has 0 spiro atoms. The first kappa shape index (κ1) is 29.7. The van der Waals surface area contributed by atoms with Gasteiger partial charge < -0.3 is 9.84 Å². The van der Waals surface area contributed by atoms with E-state index in [1.165, 1.54) is 30.4 Å². The van der Waals surface area contributed by atoms with Crippen LogP contribution in [0.4, 0.5) is 19.0 Å². The van der Waals surface area contributed by atoms with Gasteiger partial charge in [0.1, 0.15) is 12.4 Å². The van der Waals surface area contributed by atoms with Crippen LogP contribution in [0, 0.1) is 0 Å². The van der Waals surface area contributed by atoms with Crippen LogP contribution < -0.4 is 9.64 Å². The summed E-state index contributed by atoms with van der Waals surface area (Å²) in [6.07, 6.45) is -2.30. The van der Waals surface area contributed by atoms with Gasteiger partial charge in [0, 0.05) is 11.6 Å². The van der Waals surface area contributed by atoms with Crippen LogP contribution in [0.5, 0.6) is 5.88 Å². The van der Waals surface area contributed by atoms with E-state index in [4.69, 9.17) is 4.74 Å². The second-order valence-electron chi connectivity index (χ2n) is 10.4. The molecular weight excluding hydrogens is 563 g/mol. The van der Waals surface area contributed by atoms with E-state index in [9.17, 15) is 27.9 Å². The Morgan fingerprint density at radius 2 is 1.74 bits per heavy atom. The molecule has 2 unspecified atom stereocenters. The Morgan fingerprint density at radius 3 is 2.33 bits per heavy atom. The van der Waals surface area contributed by atoms with Crippen molar-refractivity contribution in [3.8, 4) is 5.88 Å². The molecule has 222 valence electrons. The number of carbonyl (C=O) groups excluding carboxylic acids is 2. The molecule has 43 heavy (non-hydrogen) atoms. The van der Waals surface area contributed by atoms with Crippen molar-refractivity contribution in [2.45, 2.75) is 51.3 Å². The lowest BCUT2D eigenvalue weighted by molar-refractivity contribution is -0.336. The van der Waals surface area contributed by atoms with Gasteiger partial charge in [-0.05, 0) is 35.1 Å².